The normalized spacial score (nSPS) is 17.7. The van der Waals surface area contributed by atoms with Gasteiger partial charge in [-0.1, -0.05) is 24.3 Å². The minimum Gasteiger partial charge on any atom is -0.348 e. The van der Waals surface area contributed by atoms with E-state index in [9.17, 15) is 18.0 Å². The van der Waals surface area contributed by atoms with E-state index in [1.54, 1.807) is 0 Å². The van der Waals surface area contributed by atoms with E-state index < -0.39 is 17.8 Å². The van der Waals surface area contributed by atoms with Crippen molar-refractivity contribution in [1.29, 1.82) is 0 Å². The van der Waals surface area contributed by atoms with Crippen LogP contribution in [-0.4, -0.2) is 16.9 Å². The average molecular weight is 340 g/mol. The molecule has 1 amide bonds. The van der Waals surface area contributed by atoms with Crippen LogP contribution in [0.3, 0.4) is 0 Å². The van der Waals surface area contributed by atoms with Crippen molar-refractivity contribution < 1.29 is 18.0 Å². The Hall–Kier alpha value is -1.89. The first-order valence-corrected chi connectivity index (χ1v) is 8.08. The Bertz CT molecular complexity index is 739. The predicted octanol–water partition coefficient (Wildman–Crippen LogP) is 3.76. The highest BCUT2D eigenvalue weighted by Gasteiger charge is 2.39. The first-order chi connectivity index (χ1) is 10.8. The van der Waals surface area contributed by atoms with Gasteiger partial charge in [0.15, 0.2) is 5.69 Å². The average Bonchev–Trinajstić information content (AvgIpc) is 2.89. The van der Waals surface area contributed by atoms with Gasteiger partial charge in [-0.3, -0.25) is 4.79 Å². The number of amides is 1. The van der Waals surface area contributed by atoms with E-state index >= 15 is 0 Å². The molecule has 1 atom stereocenters. The van der Waals surface area contributed by atoms with Crippen LogP contribution < -0.4 is 5.32 Å². The van der Waals surface area contributed by atoms with Crippen molar-refractivity contribution in [3.05, 3.63) is 51.0 Å². The van der Waals surface area contributed by atoms with Crippen LogP contribution in [0, 0.1) is 6.92 Å². The Morgan fingerprint density at radius 2 is 2.00 bits per heavy atom. The Labute approximate surface area is 135 Å². The summed E-state index contributed by atoms with van der Waals surface area (Å²) in [5, 5.41) is 2.97. The van der Waals surface area contributed by atoms with Gasteiger partial charge in [-0.2, -0.15) is 13.2 Å². The van der Waals surface area contributed by atoms with Crippen molar-refractivity contribution in [2.45, 2.75) is 38.4 Å². The van der Waals surface area contributed by atoms with Crippen molar-refractivity contribution in [2.24, 2.45) is 0 Å². The van der Waals surface area contributed by atoms with Gasteiger partial charge in [-0.25, -0.2) is 4.98 Å². The molecule has 2 aromatic rings. The molecule has 0 fully saturated rings. The number of hydrogen-bond acceptors (Lipinski definition) is 3. The number of halogens is 3. The summed E-state index contributed by atoms with van der Waals surface area (Å²) in [5.74, 6) is -0.688. The predicted molar refractivity (Wildman–Crippen MR) is 81.6 cm³/mol. The van der Waals surface area contributed by atoms with E-state index in [4.69, 9.17) is 0 Å². The number of carbonyl (C=O) groups excluding carboxylic acids is 1. The summed E-state index contributed by atoms with van der Waals surface area (Å²) < 4.78 is 38.9. The number of nitrogens with zero attached hydrogens (tertiary/aromatic N) is 1. The van der Waals surface area contributed by atoms with Crippen LogP contribution in [0.2, 0.25) is 0 Å². The van der Waals surface area contributed by atoms with Crippen molar-refractivity contribution in [3.63, 3.8) is 0 Å². The fourth-order valence-corrected chi connectivity index (χ4v) is 3.69. The summed E-state index contributed by atoms with van der Waals surface area (Å²) in [4.78, 5) is 15.4. The number of nitrogens with one attached hydrogen (secondary N) is 1. The van der Waals surface area contributed by atoms with Crippen LogP contribution in [0.25, 0.3) is 0 Å². The number of hydrogen-bond donors (Lipinski definition) is 1. The second-order valence-corrected chi connectivity index (χ2v) is 6.79. The Balaban J connectivity index is 1.76. The van der Waals surface area contributed by atoms with E-state index in [1.165, 1.54) is 12.5 Å². The van der Waals surface area contributed by atoms with E-state index in [1.807, 2.05) is 24.3 Å². The smallest absolute Gasteiger partial charge is 0.348 e. The maximum absolute atomic E-state index is 13.0. The molecule has 0 aliphatic heterocycles. The van der Waals surface area contributed by atoms with Crippen LogP contribution in [0.4, 0.5) is 13.2 Å². The number of benzene rings is 1. The van der Waals surface area contributed by atoms with E-state index in [0.717, 1.165) is 29.7 Å². The van der Waals surface area contributed by atoms with Crippen LogP contribution >= 0.6 is 11.3 Å². The summed E-state index contributed by atoms with van der Waals surface area (Å²) in [7, 11) is 0. The van der Waals surface area contributed by atoms with E-state index in [2.05, 4.69) is 10.3 Å². The molecule has 1 aliphatic carbocycles. The zero-order chi connectivity index (χ0) is 16.6. The van der Waals surface area contributed by atoms with Crippen LogP contribution in [-0.2, 0) is 19.0 Å². The Kier molecular flexibility index (Phi) is 4.14. The number of carbonyl (C=O) groups is 1. The monoisotopic (exact) mass is 340 g/mol. The summed E-state index contributed by atoms with van der Waals surface area (Å²) in [6.45, 7) is 1.47. The number of aryl methyl sites for hydroxylation is 2. The Morgan fingerprint density at radius 3 is 2.70 bits per heavy atom. The lowest BCUT2D eigenvalue weighted by atomic mass is 9.88. The van der Waals surface area contributed by atoms with Gasteiger partial charge in [-0.05, 0) is 37.3 Å². The second kappa shape index (κ2) is 5.96. The van der Waals surface area contributed by atoms with Crippen LogP contribution in [0.15, 0.2) is 24.3 Å². The van der Waals surface area contributed by atoms with Gasteiger partial charge in [0.2, 0.25) is 0 Å². The number of alkyl halides is 3. The third kappa shape index (κ3) is 3.39. The zero-order valence-electron chi connectivity index (χ0n) is 12.4. The molecule has 1 heterocycles. The van der Waals surface area contributed by atoms with Gasteiger partial charge < -0.3 is 5.32 Å². The standard InChI is InChI=1S/C16H15F3N2OS/c1-9-20-14(16(17,18)19)13(23-9)15(22)21-12-7-6-10-4-2-3-5-11(10)8-12/h2-5,12H,6-8H2,1H3,(H,21,22)/t12-/m0/s1. The van der Waals surface area contributed by atoms with Gasteiger partial charge in [0, 0.05) is 6.04 Å². The fraction of sp³-hybridized carbons (Fsp3) is 0.375. The van der Waals surface area contributed by atoms with Gasteiger partial charge in [0.05, 0.1) is 5.01 Å². The molecular formula is C16H15F3N2OS. The quantitative estimate of drug-likeness (QED) is 0.904. The summed E-state index contributed by atoms with van der Waals surface area (Å²) >= 11 is 0.780. The molecule has 3 nitrogen and oxygen atoms in total. The lowest BCUT2D eigenvalue weighted by molar-refractivity contribution is -0.141. The third-order valence-corrected chi connectivity index (χ3v) is 4.86. The zero-order valence-corrected chi connectivity index (χ0v) is 13.2. The number of fused-ring (bicyclic) bond motifs is 1. The van der Waals surface area contributed by atoms with Crippen LogP contribution in [0.1, 0.15) is 37.9 Å². The lowest BCUT2D eigenvalue weighted by Gasteiger charge is -2.25. The lowest BCUT2D eigenvalue weighted by Crippen LogP contribution is -2.39. The van der Waals surface area contributed by atoms with Crippen molar-refractivity contribution >= 4 is 17.2 Å². The minimum absolute atomic E-state index is 0.152. The maximum Gasteiger partial charge on any atom is 0.435 e. The molecule has 1 N–H and O–H groups in total. The molecule has 122 valence electrons. The molecule has 0 unspecified atom stereocenters. The molecule has 7 heteroatoms. The molecule has 3 rings (SSSR count). The largest absolute Gasteiger partial charge is 0.435 e. The topological polar surface area (TPSA) is 42.0 Å². The number of thiazole rings is 1. The SMILES string of the molecule is Cc1nc(C(F)(F)F)c(C(=O)N[C@H]2CCc3ccccc3C2)s1. The highest BCUT2D eigenvalue weighted by molar-refractivity contribution is 7.13. The molecule has 0 radical (unpaired) electrons. The van der Waals surface area contributed by atoms with E-state index in [-0.39, 0.29) is 15.9 Å². The molecule has 0 spiro atoms. The molecule has 1 aliphatic rings. The molecule has 1 aromatic carbocycles. The molecule has 23 heavy (non-hydrogen) atoms. The molecular weight excluding hydrogens is 325 g/mol. The van der Waals surface area contributed by atoms with Crippen LogP contribution in [0.5, 0.6) is 0 Å². The molecule has 1 aromatic heterocycles. The minimum atomic E-state index is -4.61. The first kappa shape index (κ1) is 16.0. The highest BCUT2D eigenvalue weighted by Crippen LogP contribution is 2.34. The summed E-state index contributed by atoms with van der Waals surface area (Å²) in [6, 6.07) is 7.78. The fourth-order valence-electron chi connectivity index (χ4n) is 2.85. The summed E-state index contributed by atoms with van der Waals surface area (Å²) in [5.41, 5.74) is 1.29. The first-order valence-electron chi connectivity index (χ1n) is 7.27. The Morgan fingerprint density at radius 1 is 1.30 bits per heavy atom. The summed E-state index contributed by atoms with van der Waals surface area (Å²) in [6.07, 6.45) is -2.44. The molecule has 0 saturated heterocycles. The van der Waals surface area contributed by atoms with E-state index in [0.29, 0.717) is 6.42 Å². The number of rotatable bonds is 2. The molecule has 0 bridgehead atoms. The van der Waals surface area contributed by atoms with Crippen molar-refractivity contribution in [2.75, 3.05) is 0 Å². The van der Waals surface area contributed by atoms with Crippen molar-refractivity contribution in [1.82, 2.24) is 10.3 Å². The van der Waals surface area contributed by atoms with Crippen molar-refractivity contribution in [3.8, 4) is 0 Å². The van der Waals surface area contributed by atoms with Gasteiger partial charge >= 0.3 is 6.18 Å². The highest BCUT2D eigenvalue weighted by atomic mass is 32.1. The number of aromatic nitrogens is 1. The second-order valence-electron chi connectivity index (χ2n) is 5.59. The van der Waals surface area contributed by atoms with Gasteiger partial charge in [0.25, 0.3) is 5.91 Å². The van der Waals surface area contributed by atoms with Gasteiger partial charge in [0.1, 0.15) is 4.88 Å². The van der Waals surface area contributed by atoms with Gasteiger partial charge in [-0.15, -0.1) is 11.3 Å². The third-order valence-electron chi connectivity index (χ3n) is 3.89. The maximum atomic E-state index is 13.0. The molecule has 0 saturated carbocycles.